The van der Waals surface area contributed by atoms with Crippen molar-refractivity contribution in [2.24, 2.45) is 5.92 Å². The molecule has 2 saturated heterocycles. The molecule has 3 aliphatic rings. The molecule has 0 spiro atoms. The van der Waals surface area contributed by atoms with Crippen LogP contribution < -0.4 is 31.0 Å². The van der Waals surface area contributed by atoms with E-state index in [1.54, 1.807) is 45.2 Å². The summed E-state index contributed by atoms with van der Waals surface area (Å²) in [6.07, 6.45) is 1.43. The van der Waals surface area contributed by atoms with E-state index in [1.165, 1.54) is 38.0 Å². The van der Waals surface area contributed by atoms with Gasteiger partial charge in [-0.2, -0.15) is 0 Å². The maximum absolute atomic E-state index is 14.4. The number of ether oxygens (including phenoxy) is 5. The lowest BCUT2D eigenvalue weighted by Gasteiger charge is -2.42. The molecule has 4 bridgehead atoms. The van der Waals surface area contributed by atoms with Gasteiger partial charge in [0.05, 0.1) is 31.9 Å². The highest BCUT2D eigenvalue weighted by molar-refractivity contribution is 6.35. The van der Waals surface area contributed by atoms with Crippen LogP contribution >= 0.6 is 11.6 Å². The predicted octanol–water partition coefficient (Wildman–Crippen LogP) is 5.15. The second kappa shape index (κ2) is 27.7. The summed E-state index contributed by atoms with van der Waals surface area (Å²) in [6.45, 7) is 7.98. The van der Waals surface area contributed by atoms with Crippen molar-refractivity contribution in [1.29, 1.82) is 0 Å². The third kappa shape index (κ3) is 15.7. The van der Waals surface area contributed by atoms with E-state index < -0.39 is 89.5 Å². The van der Waals surface area contributed by atoms with Crippen LogP contribution in [-0.4, -0.2) is 163 Å². The number of carboxylic acids is 1. The second-order valence-corrected chi connectivity index (χ2v) is 21.6. The molecule has 1 aromatic heterocycles. The number of aliphatic hydroxyl groups is 1. The summed E-state index contributed by atoms with van der Waals surface area (Å²) in [5.74, 6) is -3.95. The van der Waals surface area contributed by atoms with Crippen LogP contribution in [0, 0.1) is 5.92 Å². The van der Waals surface area contributed by atoms with Gasteiger partial charge in [0.2, 0.25) is 23.6 Å². The fourth-order valence-corrected chi connectivity index (χ4v) is 10.6. The van der Waals surface area contributed by atoms with Crippen LogP contribution in [0.4, 0.5) is 10.5 Å². The molecule has 0 radical (unpaired) electrons. The molecule has 80 heavy (non-hydrogen) atoms. The van der Waals surface area contributed by atoms with Crippen molar-refractivity contribution >= 4 is 69.9 Å². The van der Waals surface area contributed by atoms with Crippen molar-refractivity contribution in [3.8, 4) is 5.75 Å². The molecule has 2 aromatic carbocycles. The summed E-state index contributed by atoms with van der Waals surface area (Å²) in [6, 6.07) is 11.3. The minimum absolute atomic E-state index is 0.0512. The molecule has 9 unspecified atom stereocenters. The molecular weight excluding hydrogens is 1060 g/mol. The van der Waals surface area contributed by atoms with E-state index in [0.29, 0.717) is 50.2 Å². The van der Waals surface area contributed by atoms with Crippen LogP contribution in [-0.2, 0) is 67.2 Å². The number of benzene rings is 2. The van der Waals surface area contributed by atoms with Gasteiger partial charge in [-0.05, 0) is 88.7 Å². The van der Waals surface area contributed by atoms with E-state index >= 15 is 0 Å². The van der Waals surface area contributed by atoms with Gasteiger partial charge in [0.1, 0.15) is 46.8 Å². The lowest BCUT2D eigenvalue weighted by atomic mass is 9.83. The number of fused-ring (bicyclic) bond motifs is 6. The number of epoxide rings is 1. The normalized spacial score (nSPS) is 23.9. The number of hydrogen-bond acceptors (Lipinski definition) is 15. The molecule has 23 heteroatoms. The van der Waals surface area contributed by atoms with Crippen LogP contribution in [0.2, 0.25) is 5.02 Å². The molecule has 0 saturated carbocycles. The van der Waals surface area contributed by atoms with E-state index in [0.717, 1.165) is 27.7 Å². The Balaban J connectivity index is 1.07. The van der Waals surface area contributed by atoms with Gasteiger partial charge >= 0.3 is 18.0 Å². The first-order valence-electron chi connectivity index (χ1n) is 27.0. The van der Waals surface area contributed by atoms with E-state index in [9.17, 15) is 43.8 Å². The molecule has 3 aromatic rings. The number of nitrogens with one attached hydrogen (secondary N) is 4. The third-order valence-electron chi connectivity index (χ3n) is 15.4. The van der Waals surface area contributed by atoms with Gasteiger partial charge in [-0.3, -0.25) is 34.7 Å². The molecule has 0 aliphatic carbocycles. The van der Waals surface area contributed by atoms with Gasteiger partial charge in [-0.1, -0.05) is 66.9 Å². The highest BCUT2D eigenvalue weighted by Gasteiger charge is 2.64. The highest BCUT2D eigenvalue weighted by Crippen LogP contribution is 2.49. The zero-order valence-electron chi connectivity index (χ0n) is 47.5. The van der Waals surface area contributed by atoms with Crippen molar-refractivity contribution < 1.29 is 67.5 Å². The van der Waals surface area contributed by atoms with E-state index in [2.05, 4.69) is 32.0 Å². The lowest BCUT2D eigenvalue weighted by Crippen LogP contribution is -2.63. The number of carboxylic acid groups (broad SMARTS) is 1. The molecule has 4 heterocycles. The summed E-state index contributed by atoms with van der Waals surface area (Å²) in [5, 5.41) is 32.5. The molecule has 3 aliphatic heterocycles. The monoisotopic (exact) mass is 1130 g/mol. The molecule has 438 valence electrons. The molecule has 9 atom stereocenters. The number of nitrogens with zero attached hydrogens (tertiary/aromatic N) is 4. The van der Waals surface area contributed by atoms with E-state index in [4.69, 9.17) is 35.3 Å². The predicted molar refractivity (Wildman–Crippen MR) is 298 cm³/mol. The Bertz CT molecular complexity index is 2810. The van der Waals surface area contributed by atoms with Crippen molar-refractivity contribution in [2.45, 2.75) is 153 Å². The summed E-state index contributed by atoms with van der Waals surface area (Å²) >= 11 is 6.83. The van der Waals surface area contributed by atoms with Gasteiger partial charge in [-0.15, -0.1) is 0 Å². The first-order valence-corrected chi connectivity index (χ1v) is 27.4. The van der Waals surface area contributed by atoms with Crippen LogP contribution in [0.25, 0.3) is 10.9 Å². The Labute approximate surface area is 472 Å². The zero-order chi connectivity index (χ0) is 58.6. The number of aromatic nitrogens is 1. The quantitative estimate of drug-likeness (QED) is 0.0329. The number of esters is 1. The number of alkyl carbamates (subject to hydrolysis) is 1. The number of rotatable bonds is 22. The van der Waals surface area contributed by atoms with Gasteiger partial charge in [0.15, 0.2) is 5.72 Å². The maximum atomic E-state index is 14.4. The number of hydrogen-bond donors (Lipinski definition) is 6. The zero-order valence-corrected chi connectivity index (χ0v) is 48.2. The number of amides is 5. The molecule has 2 fully saturated rings. The second-order valence-electron chi connectivity index (χ2n) is 21.2. The number of likely N-dealkylation sites (N-methyl/N-ethyl adjacent to an activating group) is 1. The fourth-order valence-electron chi connectivity index (χ4n) is 10.3. The van der Waals surface area contributed by atoms with Crippen molar-refractivity contribution in [3.05, 3.63) is 82.5 Å². The first kappa shape index (κ1) is 62.6. The van der Waals surface area contributed by atoms with Gasteiger partial charge in [0.25, 0.3) is 0 Å². The number of para-hydroxylation sites is 1. The van der Waals surface area contributed by atoms with Gasteiger partial charge < -0.3 is 58.9 Å². The average molecular weight is 1140 g/mol. The number of halogens is 1. The van der Waals surface area contributed by atoms with Gasteiger partial charge in [-0.25, -0.2) is 14.6 Å². The Morgan fingerprint density at radius 2 is 1.77 bits per heavy atom. The third-order valence-corrected chi connectivity index (χ3v) is 15.8. The molecule has 5 amide bonds. The largest absolute Gasteiger partial charge is 0.495 e. The molecule has 6 rings (SSSR count). The topological polar surface area (TPSA) is 272 Å². The Hall–Kier alpha value is -6.56. The number of hydrazine groups is 1. The maximum Gasteiger partial charge on any atom is 0.409 e. The van der Waals surface area contributed by atoms with Crippen LogP contribution in [0.3, 0.4) is 0 Å². The SMILES string of the molecule is CNN(C)Cc1cc2ccccc2n1CCC(=O)NC(CCC(=O)O)C(=O)NCCCCCC(=O)N(C)C(C)C(=O)OC1CC(=O)N(C)c2cc(cc(OC)c2Cl)CC(C)=CC=CC(OC)C2(O)CC(OC(=O)N2)C(C)C2OC12C. The van der Waals surface area contributed by atoms with E-state index in [1.807, 2.05) is 56.4 Å². The molecular formula is C57H79ClN8O14. The Kier molecular flexibility index (Phi) is 21.7. The molecule has 22 nitrogen and oxygen atoms in total. The number of carbonyl (C=O) groups is 7. The number of allylic oxidation sites excluding steroid dienone is 3. The number of aryl methyl sites for hydroxylation is 1. The van der Waals surface area contributed by atoms with Crippen molar-refractivity contribution in [3.63, 3.8) is 0 Å². The Morgan fingerprint density at radius 1 is 1.04 bits per heavy atom. The lowest BCUT2D eigenvalue weighted by molar-refractivity contribution is -0.162. The minimum atomic E-state index is -1.88. The first-order chi connectivity index (χ1) is 37.9. The highest BCUT2D eigenvalue weighted by atomic mass is 35.5. The van der Waals surface area contributed by atoms with Crippen molar-refractivity contribution in [2.75, 3.05) is 53.9 Å². The van der Waals surface area contributed by atoms with Crippen LogP contribution in [0.15, 0.2) is 66.3 Å². The number of unbranched alkanes of at least 4 members (excludes halogenated alkanes) is 2. The van der Waals surface area contributed by atoms with Gasteiger partial charge in [0, 0.05) is 84.2 Å². The fraction of sp³-hybridized carbons (Fsp3) is 0.561. The summed E-state index contributed by atoms with van der Waals surface area (Å²) < 4.78 is 31.5. The summed E-state index contributed by atoms with van der Waals surface area (Å²) in [7, 11) is 9.63. The van der Waals surface area contributed by atoms with Crippen molar-refractivity contribution in [1.82, 2.24) is 35.9 Å². The molecule has 6 N–H and O–H groups in total. The van der Waals surface area contributed by atoms with Crippen LogP contribution in [0.5, 0.6) is 5.75 Å². The smallest absolute Gasteiger partial charge is 0.409 e. The number of methoxy groups -OCH3 is 2. The minimum Gasteiger partial charge on any atom is -0.495 e. The summed E-state index contributed by atoms with van der Waals surface area (Å²) in [5.41, 5.74) is 3.85. The number of anilines is 1. The number of carbonyl (C=O) groups excluding carboxylic acids is 6. The van der Waals surface area contributed by atoms with Crippen LogP contribution in [0.1, 0.15) is 96.7 Å². The summed E-state index contributed by atoms with van der Waals surface area (Å²) in [4.78, 5) is 95.9. The number of aliphatic carboxylic acids is 1. The Morgan fingerprint density at radius 3 is 2.48 bits per heavy atom. The standard InChI is InChI=1S/C57H79ClN8O14/c1-34-17-16-20-45(77-10)57(75)32-44(78-55(74)62-57)35(2)52-56(4,80-52)46(31-49(69)65(8)42-28-37(27-34)29-43(76-9)51(42)58)79-54(73)36(3)64(7)48(68)21-12-11-15-25-60-53(72)40(22-23-50(70)71)61-47(67)24-26-66-39(33-63(6)59-5)30-38-18-13-14-19-41(38)66/h13-14,16-20,28-30,35-36,40,44-46,52,59,75H,11-12,15,21-27,31-33H2,1-10H3,(H,60,72)(H,61,67)(H,62,74)(H,70,71). The average Bonchev–Trinajstić information content (AvgIpc) is 4.24. The van der Waals surface area contributed by atoms with E-state index in [-0.39, 0.29) is 56.0 Å².